The number of carbonyl (C=O) groups is 3. The molecule has 0 bridgehead atoms. The second-order valence-corrected chi connectivity index (χ2v) is 13.4. The van der Waals surface area contributed by atoms with Gasteiger partial charge in [0.25, 0.3) is 5.91 Å². The molecular formula is C30H38N2O5S. The van der Waals surface area contributed by atoms with Gasteiger partial charge in [-0.1, -0.05) is 50.3 Å². The fraction of sp³-hybridized carbons (Fsp3) is 0.567. The highest BCUT2D eigenvalue weighted by molar-refractivity contribution is 8.02. The molecule has 1 N–H and O–H groups in total. The summed E-state index contributed by atoms with van der Waals surface area (Å²) in [6, 6.07) is 4.61. The lowest BCUT2D eigenvalue weighted by atomic mass is 9.74. The molecule has 0 aromatic heterocycles. The van der Waals surface area contributed by atoms with E-state index in [0.29, 0.717) is 13.2 Å². The second-order valence-electron chi connectivity index (χ2n) is 11.6. The lowest BCUT2D eigenvalue weighted by molar-refractivity contribution is -0.154. The van der Waals surface area contributed by atoms with E-state index in [1.54, 1.807) is 9.80 Å². The molecule has 1 aromatic carbocycles. The third-order valence-electron chi connectivity index (χ3n) is 8.66. The van der Waals surface area contributed by atoms with Crippen molar-refractivity contribution >= 4 is 35.2 Å². The highest BCUT2D eigenvalue weighted by Gasteiger charge is 2.74. The first-order chi connectivity index (χ1) is 18.1. The molecule has 8 heteroatoms. The number of esters is 1. The lowest BCUT2D eigenvalue weighted by Gasteiger charge is -2.41. The summed E-state index contributed by atoms with van der Waals surface area (Å²) in [5.74, 6) is -2.42. The Morgan fingerprint density at radius 3 is 2.58 bits per heavy atom. The normalized spacial score (nSPS) is 34.6. The van der Waals surface area contributed by atoms with Crippen molar-refractivity contribution in [3.05, 3.63) is 53.6 Å². The molecule has 4 aliphatic rings. The number of likely N-dealkylation sites (tertiary alicyclic amines) is 1. The van der Waals surface area contributed by atoms with Crippen LogP contribution in [0, 0.1) is 31.6 Å². The zero-order valence-corrected chi connectivity index (χ0v) is 23.7. The van der Waals surface area contributed by atoms with Crippen LogP contribution in [0.4, 0.5) is 5.69 Å². The van der Waals surface area contributed by atoms with Gasteiger partial charge in [0.1, 0.15) is 6.04 Å². The van der Waals surface area contributed by atoms with Gasteiger partial charge in [-0.3, -0.25) is 14.4 Å². The van der Waals surface area contributed by atoms with Crippen molar-refractivity contribution in [1.82, 2.24) is 4.90 Å². The Morgan fingerprint density at radius 1 is 1.11 bits per heavy atom. The molecule has 6 atom stereocenters. The van der Waals surface area contributed by atoms with Gasteiger partial charge in [0.05, 0.1) is 35.8 Å². The predicted molar refractivity (Wildman–Crippen MR) is 149 cm³/mol. The largest absolute Gasteiger partial charge is 0.465 e. The van der Waals surface area contributed by atoms with Gasteiger partial charge in [0.2, 0.25) is 5.91 Å². The molecule has 2 fully saturated rings. The van der Waals surface area contributed by atoms with E-state index in [0.717, 1.165) is 29.7 Å². The van der Waals surface area contributed by atoms with E-state index in [1.165, 1.54) is 11.8 Å². The Balaban J connectivity index is 1.71. The number of hydrogen-bond acceptors (Lipinski definition) is 6. The van der Waals surface area contributed by atoms with Crippen LogP contribution in [0.25, 0.3) is 0 Å². The minimum absolute atomic E-state index is 0.0854. The number of amides is 2. The number of fused-ring (bicyclic) bond motifs is 2. The molecule has 5 rings (SSSR count). The Labute approximate surface area is 229 Å². The molecule has 2 amide bonds. The minimum atomic E-state index is -0.967. The Morgan fingerprint density at radius 2 is 1.87 bits per heavy atom. The molecule has 0 radical (unpaired) electrons. The summed E-state index contributed by atoms with van der Waals surface area (Å²) in [5.41, 5.74) is 2.83. The number of anilines is 1. The molecule has 1 unspecified atom stereocenters. The number of nitrogens with zero attached hydrogens (tertiary/aromatic N) is 2. The summed E-state index contributed by atoms with van der Waals surface area (Å²) in [7, 11) is 0. The number of benzene rings is 1. The molecule has 0 aliphatic carbocycles. The fourth-order valence-corrected chi connectivity index (χ4v) is 8.92. The topological polar surface area (TPSA) is 87.2 Å². The molecule has 2 saturated heterocycles. The highest BCUT2D eigenvalue weighted by Crippen LogP contribution is 2.65. The summed E-state index contributed by atoms with van der Waals surface area (Å²) in [6.07, 6.45) is 9.63. The molecule has 0 saturated carbocycles. The number of ether oxygens (including phenoxy) is 1. The first-order valence-electron chi connectivity index (χ1n) is 13.6. The summed E-state index contributed by atoms with van der Waals surface area (Å²) in [6.45, 7) is 10.3. The van der Waals surface area contributed by atoms with Gasteiger partial charge in [-0.05, 0) is 56.7 Å². The van der Waals surface area contributed by atoms with E-state index in [4.69, 9.17) is 4.74 Å². The van der Waals surface area contributed by atoms with Gasteiger partial charge >= 0.3 is 5.97 Å². The van der Waals surface area contributed by atoms with Crippen molar-refractivity contribution in [3.63, 3.8) is 0 Å². The zero-order chi connectivity index (χ0) is 27.4. The van der Waals surface area contributed by atoms with Gasteiger partial charge in [0.15, 0.2) is 0 Å². The average Bonchev–Trinajstić information content (AvgIpc) is 3.21. The number of carbonyl (C=O) groups excluding carboxylic acids is 3. The summed E-state index contributed by atoms with van der Waals surface area (Å²) in [5, 5.41) is 10.5. The van der Waals surface area contributed by atoms with Crippen molar-refractivity contribution in [3.8, 4) is 0 Å². The van der Waals surface area contributed by atoms with Gasteiger partial charge in [-0.25, -0.2) is 0 Å². The van der Waals surface area contributed by atoms with E-state index in [9.17, 15) is 19.5 Å². The van der Waals surface area contributed by atoms with Gasteiger partial charge in [0, 0.05) is 17.0 Å². The third-order valence-corrected chi connectivity index (χ3v) is 10.5. The number of rotatable bonds is 4. The van der Waals surface area contributed by atoms with E-state index in [1.807, 2.05) is 71.0 Å². The van der Waals surface area contributed by atoms with Gasteiger partial charge in [-0.15, -0.1) is 11.8 Å². The van der Waals surface area contributed by atoms with Crippen LogP contribution in [0.2, 0.25) is 0 Å². The molecule has 7 nitrogen and oxygen atoms in total. The Kier molecular flexibility index (Phi) is 7.01. The first-order valence-corrected chi connectivity index (χ1v) is 14.4. The molecule has 4 aliphatic heterocycles. The summed E-state index contributed by atoms with van der Waals surface area (Å²) in [4.78, 5) is 46.1. The van der Waals surface area contributed by atoms with Crippen LogP contribution in [0.15, 0.2) is 42.5 Å². The average molecular weight is 539 g/mol. The maximum atomic E-state index is 14.7. The lowest BCUT2D eigenvalue weighted by Crippen LogP contribution is -2.58. The molecule has 38 heavy (non-hydrogen) atoms. The van der Waals surface area contributed by atoms with Crippen LogP contribution in [-0.4, -0.2) is 69.1 Å². The molecular weight excluding hydrogens is 500 g/mol. The van der Waals surface area contributed by atoms with Crippen LogP contribution in [0.1, 0.15) is 44.7 Å². The molecule has 4 heterocycles. The minimum Gasteiger partial charge on any atom is -0.465 e. The highest BCUT2D eigenvalue weighted by atomic mass is 32.2. The van der Waals surface area contributed by atoms with E-state index >= 15 is 0 Å². The monoisotopic (exact) mass is 538 g/mol. The Hall–Kier alpha value is -2.58. The molecule has 1 spiro atoms. The van der Waals surface area contributed by atoms with Crippen LogP contribution in [-0.2, 0) is 19.1 Å². The van der Waals surface area contributed by atoms with E-state index in [2.05, 4.69) is 6.08 Å². The maximum absolute atomic E-state index is 14.7. The smallest absolute Gasteiger partial charge is 0.311 e. The number of thioether (sulfide) groups is 1. The maximum Gasteiger partial charge on any atom is 0.311 e. The zero-order valence-electron chi connectivity index (χ0n) is 22.8. The number of hydrogen-bond donors (Lipinski definition) is 1. The van der Waals surface area contributed by atoms with Crippen molar-refractivity contribution in [2.75, 3.05) is 24.7 Å². The standard InChI is InChI=1S/C30H38N2O5S/c1-18(2)22(17-33)32-25-27(35)31(21-16-19(3)10-11-20(21)4)14-9-13-30(25)23(26(32)34)24-28(36)37-15-8-6-7-12-29(24,5)38-30/h7,9-13,16,18,22-25,33H,6,8,14-15,17H2,1-5H3/b12-7-/t22-,23-,24-,25?,29+,30-/m0/s1. The second kappa shape index (κ2) is 9.87. The fourth-order valence-electron chi connectivity index (χ4n) is 6.78. The number of aliphatic hydroxyl groups is 1. The van der Waals surface area contributed by atoms with Crippen molar-refractivity contribution in [1.29, 1.82) is 0 Å². The van der Waals surface area contributed by atoms with Crippen LogP contribution in [0.3, 0.4) is 0 Å². The molecule has 1 aromatic rings. The van der Waals surface area contributed by atoms with Crippen molar-refractivity contribution in [2.24, 2.45) is 17.8 Å². The van der Waals surface area contributed by atoms with Crippen LogP contribution in [0.5, 0.6) is 0 Å². The number of aliphatic hydroxyl groups excluding tert-OH is 1. The number of cyclic esters (lactones) is 1. The van der Waals surface area contributed by atoms with Gasteiger partial charge < -0.3 is 19.6 Å². The quantitative estimate of drug-likeness (QED) is 0.464. The SMILES string of the molecule is Cc1ccc(C)c(N2CC=C[C@]34S[C@]5(C)/C=C\CCCOC(=O)[C@@H]5[C@H]3C(=O)N([C@@H](CO)C(C)C)C4C2=O)c1. The number of allylic oxidation sites excluding steroid dienone is 1. The van der Waals surface area contributed by atoms with Crippen LogP contribution >= 0.6 is 11.8 Å². The molecule has 204 valence electrons. The van der Waals surface area contributed by atoms with Crippen molar-refractivity contribution < 1.29 is 24.2 Å². The van der Waals surface area contributed by atoms with E-state index < -0.39 is 33.4 Å². The van der Waals surface area contributed by atoms with Gasteiger partial charge in [-0.2, -0.15) is 0 Å². The third kappa shape index (κ3) is 4.02. The predicted octanol–water partition coefficient (Wildman–Crippen LogP) is 3.80. The Bertz CT molecular complexity index is 1210. The van der Waals surface area contributed by atoms with E-state index in [-0.39, 0.29) is 30.3 Å². The summed E-state index contributed by atoms with van der Waals surface area (Å²) < 4.78 is 4.01. The summed E-state index contributed by atoms with van der Waals surface area (Å²) >= 11 is 1.54. The van der Waals surface area contributed by atoms with Crippen molar-refractivity contribution in [2.45, 2.75) is 69.0 Å². The van der Waals surface area contributed by atoms with Crippen LogP contribution < -0.4 is 4.90 Å². The first kappa shape index (κ1) is 27.0. The number of aryl methyl sites for hydroxylation is 2.